The van der Waals surface area contributed by atoms with Crippen LogP contribution in [0.2, 0.25) is 0 Å². The normalized spacial score (nSPS) is 20.4. The summed E-state index contributed by atoms with van der Waals surface area (Å²) in [7, 11) is 0. The molecule has 1 heterocycles. The van der Waals surface area contributed by atoms with Crippen LogP contribution in [-0.4, -0.2) is 17.7 Å². The number of aliphatic carboxylic acids is 1. The summed E-state index contributed by atoms with van der Waals surface area (Å²) in [4.78, 5) is 11.0. The molecular formula is C21H19F3O4. The van der Waals surface area contributed by atoms with Gasteiger partial charge in [-0.25, -0.2) is 0 Å². The molecule has 148 valence electrons. The summed E-state index contributed by atoms with van der Waals surface area (Å²) < 4.78 is 51.4. The molecule has 2 atom stereocenters. The van der Waals surface area contributed by atoms with Crippen LogP contribution < -0.4 is 9.47 Å². The summed E-state index contributed by atoms with van der Waals surface area (Å²) in [6.07, 6.45) is -4.05. The lowest BCUT2D eigenvalue weighted by Gasteiger charge is -2.18. The van der Waals surface area contributed by atoms with Gasteiger partial charge in [-0.2, -0.15) is 13.2 Å². The van der Waals surface area contributed by atoms with Gasteiger partial charge in [0, 0.05) is 17.5 Å². The van der Waals surface area contributed by atoms with Crippen molar-refractivity contribution < 1.29 is 32.5 Å². The Morgan fingerprint density at radius 2 is 2.11 bits per heavy atom. The van der Waals surface area contributed by atoms with E-state index in [2.05, 4.69) is 0 Å². The molecule has 1 N–H and O–H groups in total. The summed E-state index contributed by atoms with van der Waals surface area (Å²) in [5.74, 6) is 0.0123. The fraction of sp³-hybridized carbons (Fsp3) is 0.381. The molecule has 2 aromatic rings. The monoisotopic (exact) mass is 392 g/mol. The van der Waals surface area contributed by atoms with Crippen molar-refractivity contribution in [1.29, 1.82) is 0 Å². The van der Waals surface area contributed by atoms with Gasteiger partial charge >= 0.3 is 12.1 Å². The predicted molar refractivity (Wildman–Crippen MR) is 94.8 cm³/mol. The number of ether oxygens (including phenoxy) is 2. The highest BCUT2D eigenvalue weighted by Crippen LogP contribution is 2.45. The zero-order valence-corrected chi connectivity index (χ0v) is 15.2. The number of carboxylic acids is 1. The first kappa shape index (κ1) is 18.7. The maximum atomic E-state index is 13.2. The molecule has 4 nitrogen and oxygen atoms in total. The minimum absolute atomic E-state index is 0.00966. The molecule has 0 saturated heterocycles. The van der Waals surface area contributed by atoms with Crippen molar-refractivity contribution in [3.05, 3.63) is 58.1 Å². The van der Waals surface area contributed by atoms with Gasteiger partial charge in [-0.15, -0.1) is 0 Å². The summed E-state index contributed by atoms with van der Waals surface area (Å²) in [6.45, 7) is 2.16. The molecule has 1 aliphatic heterocycles. The molecular weight excluding hydrogens is 373 g/mol. The molecule has 0 fully saturated rings. The number of fused-ring (bicyclic) bond motifs is 2. The number of carbonyl (C=O) groups is 1. The first-order valence-corrected chi connectivity index (χ1v) is 9.09. The van der Waals surface area contributed by atoms with E-state index in [4.69, 9.17) is 14.6 Å². The topological polar surface area (TPSA) is 55.8 Å². The van der Waals surface area contributed by atoms with Crippen LogP contribution in [-0.2, 0) is 17.4 Å². The van der Waals surface area contributed by atoms with E-state index in [1.807, 2.05) is 6.92 Å². The number of hydrogen-bond acceptors (Lipinski definition) is 3. The van der Waals surface area contributed by atoms with Gasteiger partial charge in [0.25, 0.3) is 0 Å². The number of halogens is 3. The van der Waals surface area contributed by atoms with E-state index < -0.39 is 23.8 Å². The third-order valence-corrected chi connectivity index (χ3v) is 5.39. The van der Waals surface area contributed by atoms with E-state index in [1.165, 1.54) is 6.07 Å². The minimum atomic E-state index is -4.38. The maximum absolute atomic E-state index is 13.2. The molecule has 28 heavy (non-hydrogen) atoms. The third kappa shape index (κ3) is 3.30. The van der Waals surface area contributed by atoms with Crippen LogP contribution in [0.1, 0.15) is 52.7 Å². The van der Waals surface area contributed by atoms with E-state index in [9.17, 15) is 18.0 Å². The molecule has 1 unspecified atom stereocenters. The second kappa shape index (κ2) is 6.72. The van der Waals surface area contributed by atoms with Crippen LogP contribution in [0.5, 0.6) is 11.5 Å². The van der Waals surface area contributed by atoms with Gasteiger partial charge < -0.3 is 14.6 Å². The molecule has 0 amide bonds. The molecule has 2 aliphatic rings. The van der Waals surface area contributed by atoms with Gasteiger partial charge in [-0.3, -0.25) is 4.79 Å². The van der Waals surface area contributed by atoms with E-state index >= 15 is 0 Å². The molecule has 0 bridgehead atoms. The first-order valence-electron chi connectivity index (χ1n) is 9.09. The Morgan fingerprint density at radius 3 is 2.82 bits per heavy atom. The summed E-state index contributed by atoms with van der Waals surface area (Å²) >= 11 is 0. The third-order valence-electron chi connectivity index (χ3n) is 5.39. The lowest BCUT2D eigenvalue weighted by atomic mass is 9.93. The highest BCUT2D eigenvalue weighted by atomic mass is 19.4. The Balaban J connectivity index is 1.60. The molecule has 0 aromatic heterocycles. The Bertz CT molecular complexity index is 936. The van der Waals surface area contributed by atoms with Crippen molar-refractivity contribution in [2.75, 3.05) is 6.61 Å². The standard InChI is InChI=1S/C21H19F3O4/c1-11-7-13(9-18-20(11)12(10-27-18)8-19(25)26)28-17-6-5-14-15(17)3-2-4-16(14)21(22,23)24/h2-4,7,9,12,17H,5-6,8,10H2,1H3,(H,25,26)/t12?,17-/m1/s1. The van der Waals surface area contributed by atoms with E-state index in [1.54, 1.807) is 18.2 Å². The predicted octanol–water partition coefficient (Wildman–Crippen LogP) is 5.03. The van der Waals surface area contributed by atoms with Gasteiger partial charge in [0.1, 0.15) is 17.6 Å². The smallest absolute Gasteiger partial charge is 0.416 e. The second-order valence-electron chi connectivity index (χ2n) is 7.27. The van der Waals surface area contributed by atoms with Crippen LogP contribution in [0.25, 0.3) is 0 Å². The molecule has 0 spiro atoms. The zero-order valence-electron chi connectivity index (χ0n) is 15.2. The van der Waals surface area contributed by atoms with Crippen molar-refractivity contribution in [3.63, 3.8) is 0 Å². The van der Waals surface area contributed by atoms with Crippen molar-refractivity contribution in [2.45, 2.75) is 44.4 Å². The quantitative estimate of drug-likeness (QED) is 0.793. The Labute approximate surface area is 159 Å². The van der Waals surface area contributed by atoms with Gasteiger partial charge in [-0.05, 0) is 48.6 Å². The van der Waals surface area contributed by atoms with Crippen molar-refractivity contribution >= 4 is 5.97 Å². The molecule has 4 rings (SSSR count). The lowest BCUT2D eigenvalue weighted by molar-refractivity contribution is -0.138. The van der Waals surface area contributed by atoms with Gasteiger partial charge in [-0.1, -0.05) is 12.1 Å². The summed E-state index contributed by atoms with van der Waals surface area (Å²) in [5.41, 5.74) is 1.99. The van der Waals surface area contributed by atoms with E-state index in [0.29, 0.717) is 42.1 Å². The van der Waals surface area contributed by atoms with Crippen LogP contribution in [0.4, 0.5) is 13.2 Å². The van der Waals surface area contributed by atoms with E-state index in [0.717, 1.165) is 17.2 Å². The van der Waals surface area contributed by atoms with Crippen LogP contribution in [0, 0.1) is 6.92 Å². The molecule has 0 radical (unpaired) electrons. The minimum Gasteiger partial charge on any atom is -0.492 e. The fourth-order valence-corrected chi connectivity index (χ4v) is 4.26. The molecule has 1 aliphatic carbocycles. The average Bonchev–Trinajstić information content (AvgIpc) is 3.18. The molecule has 2 aromatic carbocycles. The number of benzene rings is 2. The summed E-state index contributed by atoms with van der Waals surface area (Å²) in [5, 5.41) is 9.05. The zero-order chi connectivity index (χ0) is 20.1. The highest BCUT2D eigenvalue weighted by Gasteiger charge is 2.38. The van der Waals surface area contributed by atoms with Gasteiger partial charge in [0.15, 0.2) is 0 Å². The summed E-state index contributed by atoms with van der Waals surface area (Å²) in [6, 6.07) is 7.71. The number of hydrogen-bond donors (Lipinski definition) is 1. The van der Waals surface area contributed by atoms with Gasteiger partial charge in [0.05, 0.1) is 18.6 Å². The number of alkyl halides is 3. The van der Waals surface area contributed by atoms with Crippen molar-refractivity contribution in [2.24, 2.45) is 0 Å². The van der Waals surface area contributed by atoms with Gasteiger partial charge in [0.2, 0.25) is 0 Å². The SMILES string of the molecule is Cc1cc(O[C@@H]2CCc3c2cccc3C(F)(F)F)cc2c1C(CC(=O)O)CO2. The second-order valence-corrected chi connectivity index (χ2v) is 7.27. The maximum Gasteiger partial charge on any atom is 0.416 e. The highest BCUT2D eigenvalue weighted by molar-refractivity contribution is 5.69. The van der Waals surface area contributed by atoms with Crippen LogP contribution in [0.3, 0.4) is 0 Å². The lowest BCUT2D eigenvalue weighted by Crippen LogP contribution is -2.10. The fourth-order valence-electron chi connectivity index (χ4n) is 4.26. The number of aryl methyl sites for hydroxylation is 1. The van der Waals surface area contributed by atoms with Crippen molar-refractivity contribution in [3.8, 4) is 11.5 Å². The van der Waals surface area contributed by atoms with E-state index in [-0.39, 0.29) is 12.3 Å². The first-order chi connectivity index (χ1) is 13.2. The Kier molecular flexibility index (Phi) is 4.48. The number of rotatable bonds is 4. The Morgan fingerprint density at radius 1 is 1.32 bits per heavy atom. The average molecular weight is 392 g/mol. The Hall–Kier alpha value is -2.70. The molecule has 0 saturated carbocycles. The largest absolute Gasteiger partial charge is 0.492 e. The van der Waals surface area contributed by atoms with Crippen LogP contribution >= 0.6 is 0 Å². The number of carboxylic acid groups (broad SMARTS) is 1. The van der Waals surface area contributed by atoms with Crippen molar-refractivity contribution in [1.82, 2.24) is 0 Å². The molecule has 7 heteroatoms. The van der Waals surface area contributed by atoms with Crippen LogP contribution in [0.15, 0.2) is 30.3 Å².